The van der Waals surface area contributed by atoms with Crippen molar-refractivity contribution in [3.05, 3.63) is 87.8 Å². The molecule has 0 radical (unpaired) electrons. The fourth-order valence-electron chi connectivity index (χ4n) is 2.71. The molecule has 4 nitrogen and oxygen atoms in total. The third-order valence-corrected chi connectivity index (χ3v) is 4.03. The van der Waals surface area contributed by atoms with Gasteiger partial charge in [-0.15, -0.1) is 5.10 Å². The number of rotatable bonds is 2. The average Bonchev–Trinajstić information content (AvgIpc) is 2.71. The van der Waals surface area contributed by atoms with Crippen LogP contribution >= 0.6 is 0 Å². The van der Waals surface area contributed by atoms with Gasteiger partial charge in [-0.3, -0.25) is 4.79 Å². The van der Waals surface area contributed by atoms with Crippen LogP contribution in [0.3, 0.4) is 0 Å². The van der Waals surface area contributed by atoms with Gasteiger partial charge >= 0.3 is 0 Å². The lowest BCUT2D eigenvalue weighted by atomic mass is 10.1. The number of hydrogen-bond acceptors (Lipinski definition) is 3. The molecule has 9 heteroatoms. The highest BCUT2D eigenvalue weighted by Gasteiger charge is 2.29. The van der Waals surface area contributed by atoms with E-state index in [0.717, 1.165) is 12.1 Å². The Labute approximate surface area is 153 Å². The fourth-order valence-corrected chi connectivity index (χ4v) is 2.71. The van der Waals surface area contributed by atoms with Gasteiger partial charge in [0.2, 0.25) is 5.82 Å². The molecule has 0 saturated heterocycles. The molecule has 0 aromatic heterocycles. The van der Waals surface area contributed by atoms with E-state index >= 15 is 0 Å². The molecule has 2 aromatic carbocycles. The Balaban J connectivity index is 2.13. The van der Waals surface area contributed by atoms with E-state index < -0.39 is 40.2 Å². The van der Waals surface area contributed by atoms with Crippen LogP contribution in [0, 0.1) is 29.1 Å². The first-order chi connectivity index (χ1) is 13.4. The van der Waals surface area contributed by atoms with Crippen LogP contribution in [0.5, 0.6) is 0 Å². The number of hydrogen-bond donors (Lipinski definition) is 0. The Bertz CT molecular complexity index is 1210. The maximum Gasteiger partial charge on any atom is 0.200 e. The van der Waals surface area contributed by atoms with E-state index in [2.05, 4.69) is 10.1 Å². The van der Waals surface area contributed by atoms with Crippen molar-refractivity contribution >= 4 is 0 Å². The molecule has 0 fully saturated rings. The number of fused-ring (bicyclic) bond motifs is 1. The summed E-state index contributed by atoms with van der Waals surface area (Å²) in [5, 5.41) is 3.95. The van der Waals surface area contributed by atoms with E-state index in [1.807, 2.05) is 0 Å². The molecule has 0 bridgehead atoms. The quantitative estimate of drug-likeness (QED) is 0.295. The first-order valence-corrected chi connectivity index (χ1v) is 7.87. The summed E-state index contributed by atoms with van der Waals surface area (Å²) < 4.78 is 70.1. The van der Waals surface area contributed by atoms with Gasteiger partial charge in [0.15, 0.2) is 34.5 Å². The number of nitrogens with zero attached hydrogens (tertiary/aromatic N) is 3. The molecule has 4 rings (SSSR count). The molecule has 0 saturated carbocycles. The molecule has 1 aliphatic carbocycles. The van der Waals surface area contributed by atoms with Gasteiger partial charge in [-0.2, -0.15) is 0 Å². The zero-order valence-electron chi connectivity index (χ0n) is 13.8. The van der Waals surface area contributed by atoms with Crippen molar-refractivity contribution in [3.63, 3.8) is 0 Å². The van der Waals surface area contributed by atoms with Crippen molar-refractivity contribution < 1.29 is 22.0 Å². The third-order valence-electron chi connectivity index (χ3n) is 4.03. The predicted octanol–water partition coefficient (Wildman–Crippen LogP) is 4.09. The normalized spacial score (nSPS) is 11.2. The summed E-state index contributed by atoms with van der Waals surface area (Å²) in [5.74, 6) is -10.7. The summed E-state index contributed by atoms with van der Waals surface area (Å²) in [5.41, 5.74) is -1.55. The standard InChI is InChI=1S/C19H8F5N3O/c20-13-14(21)16(23)18(17(24)15(13)22)27-12-8-10(28)6-7-11(12)25-19(26-27)9-4-2-1-3-5-9/h1-8H. The molecule has 140 valence electrons. The smallest absolute Gasteiger partial charge is 0.200 e. The number of halogens is 5. The minimum atomic E-state index is -2.29. The highest BCUT2D eigenvalue weighted by molar-refractivity contribution is 5.64. The van der Waals surface area contributed by atoms with Gasteiger partial charge in [-0.25, -0.2) is 31.6 Å². The van der Waals surface area contributed by atoms with Crippen LogP contribution in [0.1, 0.15) is 0 Å². The Hall–Kier alpha value is -3.62. The van der Waals surface area contributed by atoms with Crippen molar-refractivity contribution in [3.8, 4) is 28.5 Å². The first kappa shape index (κ1) is 17.8. The second kappa shape index (κ2) is 6.52. The van der Waals surface area contributed by atoms with Gasteiger partial charge < -0.3 is 0 Å². The zero-order valence-corrected chi connectivity index (χ0v) is 13.8. The second-order valence-electron chi connectivity index (χ2n) is 5.78. The summed E-state index contributed by atoms with van der Waals surface area (Å²) in [6, 6.07) is 11.6. The monoisotopic (exact) mass is 389 g/mol. The van der Waals surface area contributed by atoms with Crippen LogP contribution in [-0.4, -0.2) is 14.8 Å². The summed E-state index contributed by atoms with van der Waals surface area (Å²) in [7, 11) is 0. The lowest BCUT2D eigenvalue weighted by Gasteiger charge is -2.17. The lowest BCUT2D eigenvalue weighted by Crippen LogP contribution is -2.17. The Morgan fingerprint density at radius 1 is 0.750 bits per heavy atom. The van der Waals surface area contributed by atoms with Crippen LogP contribution in [-0.2, 0) is 0 Å². The van der Waals surface area contributed by atoms with Gasteiger partial charge in [0.25, 0.3) is 0 Å². The van der Waals surface area contributed by atoms with Crippen molar-refractivity contribution in [2.24, 2.45) is 0 Å². The SMILES string of the molecule is O=c1ccc2nc(-c3ccccc3)nn(-c3c(F)c(F)c(F)c(F)c3F)c-2c1. The van der Waals surface area contributed by atoms with Gasteiger partial charge in [0.05, 0.1) is 11.4 Å². The lowest BCUT2D eigenvalue weighted by molar-refractivity contribution is 0.373. The van der Waals surface area contributed by atoms with E-state index in [0.29, 0.717) is 10.2 Å². The molecule has 1 aliphatic heterocycles. The third kappa shape index (κ3) is 2.72. The molecule has 0 atom stereocenters. The van der Waals surface area contributed by atoms with E-state index in [1.165, 1.54) is 6.07 Å². The summed E-state index contributed by atoms with van der Waals surface area (Å²) in [6.07, 6.45) is 0. The van der Waals surface area contributed by atoms with Gasteiger partial charge in [0.1, 0.15) is 5.69 Å². The van der Waals surface area contributed by atoms with Gasteiger partial charge in [0, 0.05) is 11.6 Å². The molecule has 0 amide bonds. The molecule has 2 aliphatic rings. The minimum Gasteiger partial charge on any atom is -0.290 e. The Kier molecular flexibility index (Phi) is 4.14. The molecule has 0 N–H and O–H groups in total. The molecule has 0 spiro atoms. The van der Waals surface area contributed by atoms with E-state index in [1.54, 1.807) is 30.3 Å². The van der Waals surface area contributed by atoms with Crippen LogP contribution in [0.15, 0.2) is 53.3 Å². The summed E-state index contributed by atoms with van der Waals surface area (Å²) >= 11 is 0. The molecule has 28 heavy (non-hydrogen) atoms. The van der Waals surface area contributed by atoms with Gasteiger partial charge in [-0.1, -0.05) is 30.3 Å². The van der Waals surface area contributed by atoms with Crippen molar-refractivity contribution in [1.29, 1.82) is 0 Å². The highest BCUT2D eigenvalue weighted by atomic mass is 19.2. The molecule has 0 unspecified atom stereocenters. The van der Waals surface area contributed by atoms with Crippen LogP contribution < -0.4 is 5.43 Å². The Morgan fingerprint density at radius 3 is 2.00 bits per heavy atom. The molecular formula is C19H8F5N3O. The van der Waals surface area contributed by atoms with Crippen molar-refractivity contribution in [2.75, 3.05) is 0 Å². The number of benzene rings is 3. The predicted molar refractivity (Wildman–Crippen MR) is 89.5 cm³/mol. The molecular weight excluding hydrogens is 381 g/mol. The maximum atomic E-state index is 14.4. The second-order valence-corrected chi connectivity index (χ2v) is 5.78. The van der Waals surface area contributed by atoms with Crippen molar-refractivity contribution in [2.45, 2.75) is 0 Å². The van der Waals surface area contributed by atoms with Crippen LogP contribution in [0.4, 0.5) is 22.0 Å². The zero-order chi connectivity index (χ0) is 20.0. The van der Waals surface area contributed by atoms with Gasteiger partial charge in [-0.05, 0) is 12.1 Å². The fraction of sp³-hybridized carbons (Fsp3) is 0. The maximum absolute atomic E-state index is 14.4. The molecule has 2 aromatic rings. The average molecular weight is 389 g/mol. The minimum absolute atomic E-state index is 0.0318. The highest BCUT2D eigenvalue weighted by Crippen LogP contribution is 2.30. The van der Waals surface area contributed by atoms with E-state index in [9.17, 15) is 26.7 Å². The van der Waals surface area contributed by atoms with Crippen molar-refractivity contribution in [1.82, 2.24) is 14.8 Å². The Morgan fingerprint density at radius 2 is 1.36 bits per heavy atom. The van der Waals surface area contributed by atoms with E-state index in [-0.39, 0.29) is 17.2 Å². The first-order valence-electron chi connectivity index (χ1n) is 7.87. The van der Waals surface area contributed by atoms with E-state index in [4.69, 9.17) is 0 Å². The number of aromatic nitrogens is 3. The summed E-state index contributed by atoms with van der Waals surface area (Å²) in [6.45, 7) is 0. The topological polar surface area (TPSA) is 47.8 Å². The summed E-state index contributed by atoms with van der Waals surface area (Å²) in [4.78, 5) is 15.9. The van der Waals surface area contributed by atoms with Crippen LogP contribution in [0.2, 0.25) is 0 Å². The van der Waals surface area contributed by atoms with Crippen LogP contribution in [0.25, 0.3) is 28.5 Å². The molecule has 1 heterocycles. The largest absolute Gasteiger partial charge is 0.290 e.